The van der Waals surface area contributed by atoms with E-state index in [1.807, 2.05) is 31.3 Å². The number of hydrogen-bond acceptors (Lipinski definition) is 6. The van der Waals surface area contributed by atoms with E-state index < -0.39 is 6.23 Å². The molecule has 1 amide bonds. The number of carbonyl (C=O) groups is 1. The van der Waals surface area contributed by atoms with Crippen molar-refractivity contribution in [2.45, 2.75) is 26.1 Å². The molecule has 1 unspecified atom stereocenters. The molecule has 1 aliphatic heterocycles. The van der Waals surface area contributed by atoms with Crippen molar-refractivity contribution in [3.05, 3.63) is 84.3 Å². The van der Waals surface area contributed by atoms with Crippen LogP contribution in [0.2, 0.25) is 0 Å². The summed E-state index contributed by atoms with van der Waals surface area (Å²) in [6.45, 7) is 3.30. The van der Waals surface area contributed by atoms with Crippen LogP contribution in [0.25, 0.3) is 22.6 Å². The van der Waals surface area contributed by atoms with Crippen molar-refractivity contribution in [3.63, 3.8) is 0 Å². The minimum absolute atomic E-state index is 0.234. The quantitative estimate of drug-likeness (QED) is 0.453. The molecular weight excluding hydrogens is 435 g/mol. The first-order valence-electron chi connectivity index (χ1n) is 11.1. The maximum absolute atomic E-state index is 13.7. The fourth-order valence-corrected chi connectivity index (χ4v) is 3.94. The van der Waals surface area contributed by atoms with E-state index in [9.17, 15) is 9.18 Å². The molecule has 1 aliphatic rings. The van der Waals surface area contributed by atoms with Crippen LogP contribution in [-0.4, -0.2) is 54.9 Å². The Morgan fingerprint density at radius 2 is 1.91 bits per heavy atom. The van der Waals surface area contributed by atoms with Crippen LogP contribution >= 0.6 is 0 Å². The number of benzene rings is 1. The van der Waals surface area contributed by atoms with Crippen LogP contribution in [0.3, 0.4) is 0 Å². The summed E-state index contributed by atoms with van der Waals surface area (Å²) >= 11 is 0. The van der Waals surface area contributed by atoms with Crippen LogP contribution in [0.1, 0.15) is 22.6 Å². The molecule has 172 valence electrons. The molecule has 3 aromatic heterocycles. The Labute approximate surface area is 196 Å². The Kier molecular flexibility index (Phi) is 6.09. The molecule has 1 saturated heterocycles. The summed E-state index contributed by atoms with van der Waals surface area (Å²) in [6.07, 6.45) is 5.33. The molecule has 0 N–H and O–H groups in total. The molecule has 9 heteroatoms. The second-order valence-electron chi connectivity index (χ2n) is 8.03. The van der Waals surface area contributed by atoms with Crippen LogP contribution < -0.4 is 0 Å². The zero-order valence-electron chi connectivity index (χ0n) is 18.6. The van der Waals surface area contributed by atoms with Crippen molar-refractivity contribution >= 4 is 5.91 Å². The number of aryl methyl sites for hydroxylation is 1. The first-order valence-corrected chi connectivity index (χ1v) is 11.1. The fourth-order valence-electron chi connectivity index (χ4n) is 3.94. The highest BCUT2D eigenvalue weighted by Crippen LogP contribution is 2.24. The van der Waals surface area contributed by atoms with Gasteiger partial charge in [-0.2, -0.15) is 5.10 Å². The molecule has 0 saturated carbocycles. The minimum Gasteiger partial charge on any atom is -0.356 e. The Bertz CT molecular complexity index is 1290. The third-order valence-corrected chi connectivity index (χ3v) is 5.63. The zero-order chi connectivity index (χ0) is 23.5. The van der Waals surface area contributed by atoms with E-state index >= 15 is 0 Å². The summed E-state index contributed by atoms with van der Waals surface area (Å²) in [5.74, 6) is -0.0800. The Balaban J connectivity index is 1.40. The average Bonchev–Trinajstić information content (AvgIpc) is 3.33. The summed E-state index contributed by atoms with van der Waals surface area (Å²) in [5.41, 5.74) is 3.15. The summed E-state index contributed by atoms with van der Waals surface area (Å²) in [7, 11) is 0. The Morgan fingerprint density at radius 1 is 1.12 bits per heavy atom. The van der Waals surface area contributed by atoms with Gasteiger partial charge in [-0.15, -0.1) is 0 Å². The molecular formula is C25H23FN6O2. The largest absolute Gasteiger partial charge is 0.356 e. The zero-order valence-corrected chi connectivity index (χ0v) is 18.6. The lowest BCUT2D eigenvalue weighted by atomic mass is 10.1. The highest BCUT2D eigenvalue weighted by atomic mass is 19.1. The predicted molar refractivity (Wildman–Crippen MR) is 123 cm³/mol. The highest BCUT2D eigenvalue weighted by molar-refractivity contribution is 5.98. The Morgan fingerprint density at radius 3 is 2.71 bits per heavy atom. The normalized spacial score (nSPS) is 15.9. The first kappa shape index (κ1) is 21.8. The smallest absolute Gasteiger partial charge is 0.275 e. The van der Waals surface area contributed by atoms with Crippen molar-refractivity contribution in [1.29, 1.82) is 0 Å². The topological polar surface area (TPSA) is 86.0 Å². The van der Waals surface area contributed by atoms with Crippen LogP contribution in [0.15, 0.2) is 67.1 Å². The number of aromatic nitrogens is 5. The van der Waals surface area contributed by atoms with Gasteiger partial charge in [-0.25, -0.2) is 19.3 Å². The van der Waals surface area contributed by atoms with Gasteiger partial charge in [0.15, 0.2) is 12.1 Å². The van der Waals surface area contributed by atoms with E-state index in [4.69, 9.17) is 4.74 Å². The molecule has 1 fully saturated rings. The van der Waals surface area contributed by atoms with Crippen molar-refractivity contribution in [2.24, 2.45) is 0 Å². The standard InChI is InChI=1S/C25H23FN6O2/c1-17-4-9-20(24-27-11-2-12-28-24)23(29-17)25(33)32-13-3-15-34-22(32)16-31-14-10-21(30-31)18-5-7-19(26)8-6-18/h2,4-12,14,22H,3,13,15-16H2,1H3. The van der Waals surface area contributed by atoms with Gasteiger partial charge in [0.25, 0.3) is 5.91 Å². The fraction of sp³-hybridized carbons (Fsp3) is 0.240. The van der Waals surface area contributed by atoms with E-state index in [1.165, 1.54) is 12.1 Å². The van der Waals surface area contributed by atoms with E-state index in [0.29, 0.717) is 36.8 Å². The van der Waals surface area contributed by atoms with E-state index in [-0.39, 0.29) is 11.7 Å². The van der Waals surface area contributed by atoms with Gasteiger partial charge in [0.05, 0.1) is 24.4 Å². The molecule has 8 nitrogen and oxygen atoms in total. The monoisotopic (exact) mass is 458 g/mol. The van der Waals surface area contributed by atoms with Crippen molar-refractivity contribution in [2.75, 3.05) is 13.2 Å². The second-order valence-corrected chi connectivity index (χ2v) is 8.03. The first-order chi connectivity index (χ1) is 16.6. The lowest BCUT2D eigenvalue weighted by Gasteiger charge is -2.35. The summed E-state index contributed by atoms with van der Waals surface area (Å²) in [6, 6.07) is 13.4. The number of carbonyl (C=O) groups excluding carboxylic acids is 1. The molecule has 4 aromatic rings. The lowest BCUT2D eigenvalue weighted by Crippen LogP contribution is -2.49. The second kappa shape index (κ2) is 9.48. The number of pyridine rings is 1. The van der Waals surface area contributed by atoms with Crippen LogP contribution in [0.5, 0.6) is 0 Å². The van der Waals surface area contributed by atoms with Crippen LogP contribution in [-0.2, 0) is 11.3 Å². The number of hydrogen-bond donors (Lipinski definition) is 0. The van der Waals surface area contributed by atoms with Gasteiger partial charge < -0.3 is 9.64 Å². The summed E-state index contributed by atoms with van der Waals surface area (Å²) < 4.78 is 21.0. The summed E-state index contributed by atoms with van der Waals surface area (Å²) in [5, 5.41) is 4.59. The molecule has 0 bridgehead atoms. The number of nitrogens with zero attached hydrogens (tertiary/aromatic N) is 6. The third kappa shape index (κ3) is 4.55. The number of ether oxygens (including phenoxy) is 1. The third-order valence-electron chi connectivity index (χ3n) is 5.63. The van der Waals surface area contributed by atoms with E-state index in [1.54, 1.807) is 40.2 Å². The van der Waals surface area contributed by atoms with Crippen molar-refractivity contribution < 1.29 is 13.9 Å². The summed E-state index contributed by atoms with van der Waals surface area (Å²) in [4.78, 5) is 28.5. The number of halogens is 1. The molecule has 4 heterocycles. The number of amides is 1. The molecule has 1 aromatic carbocycles. The van der Waals surface area contributed by atoms with E-state index in [2.05, 4.69) is 20.1 Å². The van der Waals surface area contributed by atoms with Gasteiger partial charge in [-0.1, -0.05) is 0 Å². The minimum atomic E-state index is -0.505. The van der Waals surface area contributed by atoms with Gasteiger partial charge in [0, 0.05) is 36.4 Å². The van der Waals surface area contributed by atoms with Crippen LogP contribution in [0.4, 0.5) is 4.39 Å². The highest BCUT2D eigenvalue weighted by Gasteiger charge is 2.31. The van der Waals surface area contributed by atoms with Gasteiger partial charge in [0.1, 0.15) is 11.5 Å². The molecule has 0 spiro atoms. The van der Waals surface area contributed by atoms with Gasteiger partial charge in [-0.05, 0) is 61.9 Å². The van der Waals surface area contributed by atoms with E-state index in [0.717, 1.165) is 23.4 Å². The van der Waals surface area contributed by atoms with Crippen LogP contribution in [0, 0.1) is 12.7 Å². The van der Waals surface area contributed by atoms with Gasteiger partial charge in [-0.3, -0.25) is 9.48 Å². The maximum Gasteiger partial charge on any atom is 0.275 e. The molecule has 5 rings (SSSR count). The van der Waals surface area contributed by atoms with Gasteiger partial charge in [0.2, 0.25) is 0 Å². The molecule has 0 radical (unpaired) electrons. The molecule has 0 aliphatic carbocycles. The SMILES string of the molecule is Cc1ccc(-c2ncccn2)c(C(=O)N2CCCOC2Cn2ccc(-c3ccc(F)cc3)n2)n1. The lowest BCUT2D eigenvalue weighted by molar-refractivity contribution is -0.0862. The predicted octanol–water partition coefficient (Wildman–Crippen LogP) is 3.74. The molecule has 34 heavy (non-hydrogen) atoms. The Hall–Kier alpha value is -3.98. The van der Waals surface area contributed by atoms with Crippen molar-refractivity contribution in [3.8, 4) is 22.6 Å². The van der Waals surface area contributed by atoms with Gasteiger partial charge >= 0.3 is 0 Å². The molecule has 1 atom stereocenters. The van der Waals surface area contributed by atoms with Crippen molar-refractivity contribution in [1.82, 2.24) is 29.6 Å². The number of rotatable bonds is 5. The average molecular weight is 458 g/mol. The maximum atomic E-state index is 13.7.